The third-order valence-corrected chi connectivity index (χ3v) is 6.75. The van der Waals surface area contributed by atoms with Gasteiger partial charge in [-0.1, -0.05) is 23.8 Å². The van der Waals surface area contributed by atoms with Crippen LogP contribution in [0.3, 0.4) is 0 Å². The van der Waals surface area contributed by atoms with E-state index in [0.29, 0.717) is 4.90 Å². The fourth-order valence-electron chi connectivity index (χ4n) is 2.79. The summed E-state index contributed by atoms with van der Waals surface area (Å²) in [6.45, 7) is 1.92. The monoisotopic (exact) mass is 455 g/mol. The number of nitrogen functional groups attached to an aromatic ring is 1. The maximum absolute atomic E-state index is 11.9. The van der Waals surface area contributed by atoms with Crippen molar-refractivity contribution in [3.8, 4) is 0 Å². The molecule has 0 bridgehead atoms. The van der Waals surface area contributed by atoms with E-state index in [-0.39, 0.29) is 29.0 Å². The molecule has 1 aliphatic carbocycles. The van der Waals surface area contributed by atoms with Crippen LogP contribution in [0.25, 0.3) is 5.76 Å². The van der Waals surface area contributed by atoms with Crippen molar-refractivity contribution in [1.82, 2.24) is 0 Å². The molecule has 0 aromatic heterocycles. The smallest absolute Gasteiger partial charge is 0.296 e. The minimum absolute atomic E-state index is 0.0168. The Labute approximate surface area is 172 Å². The van der Waals surface area contributed by atoms with Crippen LogP contribution in [-0.2, 0) is 30.8 Å². The van der Waals surface area contributed by atoms with E-state index in [1.165, 1.54) is 12.1 Å². The Kier molecular flexibility index (Phi) is 5.79. The van der Waals surface area contributed by atoms with Crippen LogP contribution < -0.4 is 5.73 Å². The minimum Gasteiger partial charge on any atom is -0.420 e. The molecule has 154 valence electrons. The van der Waals surface area contributed by atoms with Crippen molar-refractivity contribution < 1.29 is 30.1 Å². The highest BCUT2D eigenvalue weighted by atomic mass is 32.2. The lowest BCUT2D eigenvalue weighted by molar-refractivity contribution is 0.482. The van der Waals surface area contributed by atoms with Crippen LogP contribution in [0.15, 0.2) is 63.2 Å². The highest BCUT2D eigenvalue weighted by Crippen LogP contribution is 2.37. The number of nitrogens with two attached hydrogens (primary N) is 1. The summed E-state index contributed by atoms with van der Waals surface area (Å²) in [5, 5.41) is 0. The van der Waals surface area contributed by atoms with Crippen molar-refractivity contribution in [3.05, 3.63) is 70.1 Å². The van der Waals surface area contributed by atoms with Crippen molar-refractivity contribution in [2.24, 2.45) is 0 Å². The van der Waals surface area contributed by atoms with Gasteiger partial charge < -0.3 is 9.92 Å². The number of rotatable bonds is 5. The van der Waals surface area contributed by atoms with E-state index in [1.807, 2.05) is 19.1 Å². The zero-order valence-corrected chi connectivity index (χ0v) is 17.5. The van der Waals surface area contributed by atoms with Gasteiger partial charge in [-0.3, -0.25) is 9.11 Å². The summed E-state index contributed by atoms with van der Waals surface area (Å²) in [7, 11) is -9.29. The second-order valence-corrected chi connectivity index (χ2v) is 9.84. The molecule has 0 heterocycles. The van der Waals surface area contributed by atoms with Crippen molar-refractivity contribution in [1.29, 1.82) is 0 Å². The lowest BCUT2D eigenvalue weighted by Crippen LogP contribution is -2.09. The summed E-state index contributed by atoms with van der Waals surface area (Å²) < 4.78 is 71.8. The summed E-state index contributed by atoms with van der Waals surface area (Å²) in [5.74, 6) is -0.0168. The molecule has 11 heteroatoms. The van der Waals surface area contributed by atoms with E-state index in [1.54, 1.807) is 12.1 Å². The minimum atomic E-state index is -4.70. The molecule has 0 amide bonds. The van der Waals surface area contributed by atoms with E-state index >= 15 is 0 Å². The van der Waals surface area contributed by atoms with E-state index < -0.39 is 30.0 Å². The second-order valence-electron chi connectivity index (χ2n) is 6.26. The van der Waals surface area contributed by atoms with Crippen LogP contribution in [0.2, 0.25) is 0 Å². The van der Waals surface area contributed by atoms with Gasteiger partial charge in [0, 0.05) is 16.5 Å². The van der Waals surface area contributed by atoms with Gasteiger partial charge in [-0.2, -0.15) is 16.8 Å². The third-order valence-electron chi connectivity index (χ3n) is 4.14. The molecule has 29 heavy (non-hydrogen) atoms. The first-order chi connectivity index (χ1) is 13.5. The largest absolute Gasteiger partial charge is 0.420 e. The van der Waals surface area contributed by atoms with Gasteiger partial charge >= 0.3 is 0 Å². The summed E-state index contributed by atoms with van der Waals surface area (Å²) >= 11 is 0.924. The Balaban J connectivity index is 2.13. The predicted octanol–water partition coefficient (Wildman–Crippen LogP) is 3.22. The number of benzene rings is 2. The zero-order valence-electron chi connectivity index (χ0n) is 15.1. The molecule has 0 spiro atoms. The Morgan fingerprint density at radius 3 is 2.24 bits per heavy atom. The van der Waals surface area contributed by atoms with Crippen LogP contribution in [0, 0.1) is 6.92 Å². The van der Waals surface area contributed by atoms with E-state index in [2.05, 4.69) is 0 Å². The van der Waals surface area contributed by atoms with Crippen LogP contribution in [-0.4, -0.2) is 25.9 Å². The van der Waals surface area contributed by atoms with Crippen LogP contribution in [0.4, 0.5) is 5.69 Å². The molecule has 1 aliphatic rings. The third kappa shape index (κ3) is 4.82. The molecule has 0 radical (unpaired) electrons. The van der Waals surface area contributed by atoms with Crippen LogP contribution in [0.1, 0.15) is 16.7 Å². The first-order valence-corrected chi connectivity index (χ1v) is 11.8. The molecule has 0 fully saturated rings. The van der Waals surface area contributed by atoms with Gasteiger partial charge in [0.25, 0.3) is 20.2 Å². The first kappa shape index (κ1) is 21.4. The summed E-state index contributed by atoms with van der Waals surface area (Å²) in [6, 6.07) is 10.0. The fraction of sp³-hybridized carbons (Fsp3) is 0.111. The van der Waals surface area contributed by atoms with Gasteiger partial charge in [0.15, 0.2) is 0 Å². The Bertz CT molecular complexity index is 1230. The van der Waals surface area contributed by atoms with Gasteiger partial charge in [0.2, 0.25) is 0 Å². The average Bonchev–Trinajstić information content (AvgIpc) is 2.79. The van der Waals surface area contributed by atoms with Crippen LogP contribution >= 0.6 is 12.0 Å². The highest BCUT2D eigenvalue weighted by Gasteiger charge is 2.27. The number of hydrogen-bond donors (Lipinski definition) is 3. The van der Waals surface area contributed by atoms with Crippen molar-refractivity contribution in [2.75, 3.05) is 5.73 Å². The quantitative estimate of drug-likeness (QED) is 0.351. The highest BCUT2D eigenvalue weighted by molar-refractivity contribution is 7.95. The molecule has 0 saturated carbocycles. The number of hydrogen-bond acceptors (Lipinski definition) is 7. The topological polar surface area (TPSA) is 144 Å². The van der Waals surface area contributed by atoms with Gasteiger partial charge in [-0.15, -0.1) is 0 Å². The lowest BCUT2D eigenvalue weighted by Gasteiger charge is -2.15. The molecule has 2 aromatic carbocycles. The molecular weight excluding hydrogens is 438 g/mol. The lowest BCUT2D eigenvalue weighted by atomic mass is 10.0. The maximum atomic E-state index is 11.9. The molecule has 8 nitrogen and oxygen atoms in total. The number of aryl methyl sites for hydroxylation is 1. The standard InChI is InChI=1S/C18H17NO7S3/c1-11-2-4-12(5-3-11)27-26-17-10-13(28(20,21)22)6-7-15-14(17)8-9-16(19)18(15)29(23,24)25/h2-6,8-10H,7,19H2,1H3,(H,20,21,22)(H,23,24,25). The molecule has 2 aromatic rings. The summed E-state index contributed by atoms with van der Waals surface area (Å²) in [6.07, 6.45) is 1.99. The first-order valence-electron chi connectivity index (χ1n) is 8.16. The molecule has 0 atom stereocenters. The van der Waals surface area contributed by atoms with Gasteiger partial charge in [0.1, 0.15) is 10.7 Å². The number of fused-ring (bicyclic) bond motifs is 1. The Morgan fingerprint density at radius 2 is 1.66 bits per heavy atom. The molecule has 0 aliphatic heterocycles. The van der Waals surface area contributed by atoms with Crippen LogP contribution in [0.5, 0.6) is 0 Å². The van der Waals surface area contributed by atoms with E-state index in [0.717, 1.165) is 29.8 Å². The van der Waals surface area contributed by atoms with E-state index in [9.17, 15) is 25.9 Å². The van der Waals surface area contributed by atoms with Crippen molar-refractivity contribution >= 4 is 43.7 Å². The fourth-order valence-corrected chi connectivity index (χ4v) is 4.78. The molecular formula is C18H17NO7S3. The SMILES string of the molecule is Cc1ccc(SOC2=CC(S(=O)(=O)O)=CCc3c2ccc(N)c3S(=O)(=O)O)cc1. The van der Waals surface area contributed by atoms with Gasteiger partial charge in [-0.25, -0.2) is 0 Å². The molecule has 0 unspecified atom stereocenters. The molecule has 4 N–H and O–H groups in total. The van der Waals surface area contributed by atoms with Crippen molar-refractivity contribution in [3.63, 3.8) is 0 Å². The maximum Gasteiger partial charge on any atom is 0.296 e. The normalized spacial score (nSPS) is 14.4. The number of anilines is 1. The molecule has 3 rings (SSSR count). The average molecular weight is 456 g/mol. The Morgan fingerprint density at radius 1 is 1.00 bits per heavy atom. The van der Waals surface area contributed by atoms with Crippen molar-refractivity contribution in [2.45, 2.75) is 23.1 Å². The predicted molar refractivity (Wildman–Crippen MR) is 110 cm³/mol. The molecule has 0 saturated heterocycles. The van der Waals surface area contributed by atoms with Gasteiger partial charge in [0.05, 0.1) is 22.6 Å². The van der Waals surface area contributed by atoms with E-state index in [4.69, 9.17) is 9.92 Å². The summed E-state index contributed by atoms with van der Waals surface area (Å²) in [5.41, 5.74) is 6.86. The Hall–Kier alpha value is -2.31. The summed E-state index contributed by atoms with van der Waals surface area (Å²) in [4.78, 5) is -0.282. The van der Waals surface area contributed by atoms with Gasteiger partial charge in [-0.05, 0) is 43.2 Å². The zero-order chi connectivity index (χ0) is 21.4. The second kappa shape index (κ2) is 7.84. The number of allylic oxidation sites excluding steroid dienone is 2.